The Balaban J connectivity index is 1.82. The van der Waals surface area contributed by atoms with E-state index in [0.29, 0.717) is 0 Å². The van der Waals surface area contributed by atoms with E-state index in [-0.39, 0.29) is 17.0 Å². The number of nitro groups is 1. The Labute approximate surface area is 139 Å². The number of thioether (sulfide) groups is 1. The number of non-ortho nitro benzene ring substituents is 1. The minimum absolute atomic E-state index is 0.0858. The maximum absolute atomic E-state index is 11.8. The van der Waals surface area contributed by atoms with Gasteiger partial charge in [0.05, 0.1) is 10.7 Å². The largest absolute Gasteiger partial charge is 0.272 e. The lowest BCUT2D eigenvalue weighted by atomic mass is 10.2. The molecule has 2 amide bonds. The van der Waals surface area contributed by atoms with Crippen molar-refractivity contribution in [2.24, 2.45) is 0 Å². The molecule has 0 unspecified atom stereocenters. The summed E-state index contributed by atoms with van der Waals surface area (Å²) in [5, 5.41) is 12.5. The predicted octanol–water partition coefficient (Wildman–Crippen LogP) is 1.91. The minimum atomic E-state index is -0.628. The molecule has 23 heavy (non-hydrogen) atoms. The topological polar surface area (TPSA) is 114 Å². The molecule has 0 aliphatic rings. The lowest BCUT2D eigenvalue weighted by molar-refractivity contribution is -0.384. The number of nitrogens with zero attached hydrogens (tertiary/aromatic N) is 2. The average Bonchev–Trinajstić information content (AvgIpc) is 2.96. The highest BCUT2D eigenvalue weighted by Gasteiger charge is 2.12. The van der Waals surface area contributed by atoms with Crippen LogP contribution >= 0.6 is 23.1 Å². The smallest absolute Gasteiger partial charge is 0.270 e. The fourth-order valence-electron chi connectivity index (χ4n) is 1.52. The average molecular weight is 352 g/mol. The lowest BCUT2D eigenvalue weighted by Crippen LogP contribution is -2.42. The summed E-state index contributed by atoms with van der Waals surface area (Å²) in [4.78, 5) is 37.8. The number of benzene rings is 1. The van der Waals surface area contributed by atoms with Crippen molar-refractivity contribution in [2.75, 3.05) is 5.75 Å². The van der Waals surface area contributed by atoms with E-state index in [1.54, 1.807) is 0 Å². The molecular weight excluding hydrogens is 340 g/mol. The van der Waals surface area contributed by atoms with Gasteiger partial charge < -0.3 is 0 Å². The van der Waals surface area contributed by atoms with E-state index in [9.17, 15) is 19.7 Å². The van der Waals surface area contributed by atoms with Crippen LogP contribution in [0.1, 0.15) is 16.1 Å². The Bertz CT molecular complexity index is 747. The van der Waals surface area contributed by atoms with E-state index in [2.05, 4.69) is 15.8 Å². The number of aromatic nitrogens is 1. The number of nitro benzene ring substituents is 1. The molecule has 0 aliphatic heterocycles. The first-order valence-electron chi connectivity index (χ1n) is 6.34. The number of hydrazine groups is 1. The first-order chi connectivity index (χ1) is 11.0. The molecule has 120 valence electrons. The molecule has 0 spiro atoms. The van der Waals surface area contributed by atoms with Gasteiger partial charge in [0, 0.05) is 28.8 Å². The third kappa shape index (κ3) is 5.04. The van der Waals surface area contributed by atoms with Gasteiger partial charge in [-0.15, -0.1) is 11.3 Å². The summed E-state index contributed by atoms with van der Waals surface area (Å²) < 4.78 is 0.766. The number of thiazole rings is 1. The number of nitrogens with one attached hydrogen (secondary N) is 2. The van der Waals surface area contributed by atoms with Gasteiger partial charge in [0.1, 0.15) is 0 Å². The summed E-state index contributed by atoms with van der Waals surface area (Å²) in [6.45, 7) is 1.86. The van der Waals surface area contributed by atoms with Crippen molar-refractivity contribution in [3.05, 3.63) is 51.0 Å². The predicted molar refractivity (Wildman–Crippen MR) is 86.3 cm³/mol. The molecule has 2 rings (SSSR count). The van der Waals surface area contributed by atoms with Crippen molar-refractivity contribution in [3.63, 3.8) is 0 Å². The van der Waals surface area contributed by atoms with Gasteiger partial charge >= 0.3 is 0 Å². The number of rotatable bonds is 5. The minimum Gasteiger partial charge on any atom is -0.272 e. The number of aryl methyl sites for hydroxylation is 1. The summed E-state index contributed by atoms with van der Waals surface area (Å²) in [6, 6.07) is 5.23. The SMILES string of the molecule is Cc1csc(SCC(=O)NNC(=O)c2cccc([N+](=O)[O-])c2)n1. The Hall–Kier alpha value is -2.46. The van der Waals surface area contributed by atoms with Gasteiger partial charge in [0.15, 0.2) is 4.34 Å². The maximum atomic E-state index is 11.8. The van der Waals surface area contributed by atoms with Crippen LogP contribution in [-0.4, -0.2) is 27.5 Å². The van der Waals surface area contributed by atoms with Gasteiger partial charge in [0.2, 0.25) is 5.91 Å². The number of carbonyl (C=O) groups excluding carboxylic acids is 2. The maximum Gasteiger partial charge on any atom is 0.270 e. The number of hydrogen-bond donors (Lipinski definition) is 2. The molecule has 8 nitrogen and oxygen atoms in total. The summed E-state index contributed by atoms with van der Waals surface area (Å²) in [7, 11) is 0. The highest BCUT2D eigenvalue weighted by atomic mass is 32.2. The zero-order valence-electron chi connectivity index (χ0n) is 11.9. The molecule has 0 aliphatic carbocycles. The van der Waals surface area contributed by atoms with Crippen LogP contribution in [0.25, 0.3) is 0 Å². The molecule has 0 bridgehead atoms. The fourth-order valence-corrected chi connectivity index (χ4v) is 3.17. The zero-order valence-corrected chi connectivity index (χ0v) is 13.6. The van der Waals surface area contributed by atoms with E-state index in [4.69, 9.17) is 0 Å². The van der Waals surface area contributed by atoms with Crippen molar-refractivity contribution in [2.45, 2.75) is 11.3 Å². The first-order valence-corrected chi connectivity index (χ1v) is 8.21. The van der Waals surface area contributed by atoms with Gasteiger partial charge in [-0.05, 0) is 13.0 Å². The summed E-state index contributed by atoms with van der Waals surface area (Å²) in [5.74, 6) is -0.930. The molecule has 0 atom stereocenters. The van der Waals surface area contributed by atoms with E-state index in [0.717, 1.165) is 16.1 Å². The van der Waals surface area contributed by atoms with Crippen LogP contribution in [0.4, 0.5) is 5.69 Å². The first kappa shape index (κ1) is 16.9. The van der Waals surface area contributed by atoms with Crippen LogP contribution in [0.2, 0.25) is 0 Å². The van der Waals surface area contributed by atoms with Gasteiger partial charge in [-0.3, -0.25) is 30.6 Å². The van der Waals surface area contributed by atoms with E-state index in [1.807, 2.05) is 12.3 Å². The van der Waals surface area contributed by atoms with Crippen molar-refractivity contribution in [3.8, 4) is 0 Å². The molecular formula is C13H12N4O4S2. The number of hydrogen-bond acceptors (Lipinski definition) is 7. The van der Waals surface area contributed by atoms with Crippen molar-refractivity contribution in [1.29, 1.82) is 0 Å². The highest BCUT2D eigenvalue weighted by molar-refractivity contribution is 8.01. The van der Waals surface area contributed by atoms with Crippen molar-refractivity contribution >= 4 is 40.6 Å². The third-order valence-corrected chi connectivity index (χ3v) is 4.70. The summed E-state index contributed by atoms with van der Waals surface area (Å²) >= 11 is 2.70. The van der Waals surface area contributed by atoms with Crippen molar-refractivity contribution < 1.29 is 14.5 Å². The molecule has 2 N–H and O–H groups in total. The Morgan fingerprint density at radius 2 is 2.17 bits per heavy atom. The summed E-state index contributed by atoms with van der Waals surface area (Å²) in [6.07, 6.45) is 0. The number of amides is 2. The fraction of sp³-hybridized carbons (Fsp3) is 0.154. The van der Waals surface area contributed by atoms with Crippen LogP contribution in [0.15, 0.2) is 34.0 Å². The van der Waals surface area contributed by atoms with E-state index < -0.39 is 16.7 Å². The Morgan fingerprint density at radius 3 is 2.83 bits per heavy atom. The van der Waals surface area contributed by atoms with Crippen LogP contribution in [-0.2, 0) is 4.79 Å². The standard InChI is InChI=1S/C13H12N4O4S2/c1-8-6-22-13(14-8)23-7-11(18)15-16-12(19)9-3-2-4-10(5-9)17(20)21/h2-6H,7H2,1H3,(H,15,18)(H,16,19). The van der Waals surface area contributed by atoms with E-state index >= 15 is 0 Å². The number of carbonyl (C=O) groups is 2. The molecule has 0 saturated carbocycles. The molecule has 10 heteroatoms. The third-order valence-electron chi connectivity index (χ3n) is 2.56. The molecule has 1 aromatic heterocycles. The molecule has 2 aromatic rings. The van der Waals surface area contributed by atoms with Gasteiger partial charge in [-0.2, -0.15) is 0 Å². The lowest BCUT2D eigenvalue weighted by Gasteiger charge is -2.06. The highest BCUT2D eigenvalue weighted by Crippen LogP contribution is 2.21. The quantitative estimate of drug-likeness (QED) is 0.483. The van der Waals surface area contributed by atoms with Crippen molar-refractivity contribution in [1.82, 2.24) is 15.8 Å². The van der Waals surface area contributed by atoms with Crippen LogP contribution in [0.3, 0.4) is 0 Å². The Morgan fingerprint density at radius 1 is 1.39 bits per heavy atom. The van der Waals surface area contributed by atoms with Gasteiger partial charge in [0.25, 0.3) is 11.6 Å². The molecule has 0 saturated heterocycles. The van der Waals surface area contributed by atoms with Gasteiger partial charge in [-0.1, -0.05) is 17.8 Å². The molecule has 0 fully saturated rings. The second kappa shape index (κ2) is 7.70. The second-order valence-electron chi connectivity index (χ2n) is 4.35. The van der Waals surface area contributed by atoms with Crippen LogP contribution in [0.5, 0.6) is 0 Å². The molecule has 1 heterocycles. The van der Waals surface area contributed by atoms with Crippen LogP contribution < -0.4 is 10.9 Å². The van der Waals surface area contributed by atoms with Gasteiger partial charge in [-0.25, -0.2) is 4.98 Å². The monoisotopic (exact) mass is 352 g/mol. The Kier molecular flexibility index (Phi) is 5.66. The summed E-state index contributed by atoms with van der Waals surface area (Å²) in [5.41, 5.74) is 5.25. The second-order valence-corrected chi connectivity index (χ2v) is 6.43. The normalized spacial score (nSPS) is 10.1. The van der Waals surface area contributed by atoms with E-state index in [1.165, 1.54) is 41.3 Å². The molecule has 1 aromatic carbocycles. The van der Waals surface area contributed by atoms with Crippen LogP contribution in [0, 0.1) is 17.0 Å². The molecule has 0 radical (unpaired) electrons. The zero-order chi connectivity index (χ0) is 16.8.